The highest BCUT2D eigenvalue weighted by molar-refractivity contribution is 5.88. The van der Waals surface area contributed by atoms with Crippen LogP contribution in [-0.4, -0.2) is 35.2 Å². The van der Waals surface area contributed by atoms with Crippen LogP contribution < -0.4 is 11.3 Å². The molecule has 162 valence electrons. The van der Waals surface area contributed by atoms with Crippen LogP contribution in [0.2, 0.25) is 0 Å². The Bertz CT molecular complexity index is 1580. The Morgan fingerprint density at radius 1 is 0.970 bits per heavy atom. The van der Waals surface area contributed by atoms with Crippen LogP contribution in [0.15, 0.2) is 77.7 Å². The minimum absolute atomic E-state index is 0.143. The zero-order valence-corrected chi connectivity index (χ0v) is 17.5. The van der Waals surface area contributed by atoms with Crippen LogP contribution in [0.3, 0.4) is 0 Å². The number of pyridine rings is 3. The fourth-order valence-electron chi connectivity index (χ4n) is 3.71. The van der Waals surface area contributed by atoms with Crippen molar-refractivity contribution in [3.05, 3.63) is 88.8 Å². The van der Waals surface area contributed by atoms with E-state index in [1.54, 1.807) is 48.1 Å². The molecule has 4 heterocycles. The Balaban J connectivity index is 1.81. The minimum Gasteiger partial charge on any atom is -0.478 e. The second kappa shape index (κ2) is 7.72. The lowest BCUT2D eigenvalue weighted by Crippen LogP contribution is -2.16. The van der Waals surface area contributed by atoms with E-state index in [9.17, 15) is 14.7 Å². The Morgan fingerprint density at radius 3 is 2.48 bits per heavy atom. The molecule has 9 heteroatoms. The van der Waals surface area contributed by atoms with E-state index in [-0.39, 0.29) is 11.1 Å². The number of aromatic nitrogens is 5. The van der Waals surface area contributed by atoms with Gasteiger partial charge in [-0.15, -0.1) is 0 Å². The number of hydrogen-bond donors (Lipinski definition) is 2. The number of carboxylic acids is 1. The second-order valence-electron chi connectivity index (χ2n) is 7.41. The molecule has 0 aliphatic heterocycles. The fourth-order valence-corrected chi connectivity index (χ4v) is 3.71. The molecular weight excluding hydrogens is 420 g/mol. The first-order chi connectivity index (χ1) is 15.9. The Hall–Kier alpha value is -4.79. The van der Waals surface area contributed by atoms with Gasteiger partial charge in [-0.2, -0.15) is 0 Å². The predicted octanol–water partition coefficient (Wildman–Crippen LogP) is 3.13. The number of aromatic carboxylic acids is 1. The van der Waals surface area contributed by atoms with Crippen molar-refractivity contribution in [2.75, 3.05) is 5.73 Å². The second-order valence-corrected chi connectivity index (χ2v) is 7.41. The standard InChI is InChI=1S/C24H18N6O3/c1-29-19(5-2-6-20(29)31)17-11-12-18-23(27-17)30(15-9-7-14(8-10-15)24(32)33)22(28-18)16-4-3-13-26-21(16)25/h2-13H,1H3,(H2,25,26)(H,32,33). The molecule has 0 unspecified atom stereocenters. The van der Waals surface area contributed by atoms with Crippen molar-refractivity contribution in [2.45, 2.75) is 0 Å². The Morgan fingerprint density at radius 2 is 1.76 bits per heavy atom. The van der Waals surface area contributed by atoms with E-state index >= 15 is 0 Å². The summed E-state index contributed by atoms with van der Waals surface area (Å²) in [4.78, 5) is 37.2. The number of nitrogens with zero attached hydrogens (tertiary/aromatic N) is 5. The van der Waals surface area contributed by atoms with E-state index in [0.29, 0.717) is 45.4 Å². The van der Waals surface area contributed by atoms with Gasteiger partial charge in [-0.05, 0) is 54.6 Å². The van der Waals surface area contributed by atoms with Gasteiger partial charge in [-0.3, -0.25) is 9.36 Å². The lowest BCUT2D eigenvalue weighted by atomic mass is 10.2. The zero-order chi connectivity index (χ0) is 23.1. The summed E-state index contributed by atoms with van der Waals surface area (Å²) in [5, 5.41) is 9.27. The number of nitrogens with two attached hydrogens (primary N) is 1. The molecule has 0 atom stereocenters. The third-order valence-corrected chi connectivity index (χ3v) is 5.40. The summed E-state index contributed by atoms with van der Waals surface area (Å²) in [6.07, 6.45) is 1.60. The van der Waals surface area contributed by atoms with Gasteiger partial charge in [0.2, 0.25) is 0 Å². The first-order valence-corrected chi connectivity index (χ1v) is 10.0. The van der Waals surface area contributed by atoms with Crippen molar-refractivity contribution in [1.29, 1.82) is 0 Å². The fraction of sp³-hybridized carbons (Fsp3) is 0.0417. The van der Waals surface area contributed by atoms with Crippen molar-refractivity contribution in [3.63, 3.8) is 0 Å². The summed E-state index contributed by atoms with van der Waals surface area (Å²) < 4.78 is 3.33. The van der Waals surface area contributed by atoms with Gasteiger partial charge < -0.3 is 15.4 Å². The van der Waals surface area contributed by atoms with Gasteiger partial charge in [-0.1, -0.05) is 6.07 Å². The maximum absolute atomic E-state index is 12.1. The number of fused-ring (bicyclic) bond motifs is 1. The van der Waals surface area contributed by atoms with Crippen LogP contribution in [0.25, 0.3) is 39.6 Å². The maximum Gasteiger partial charge on any atom is 0.335 e. The van der Waals surface area contributed by atoms with Gasteiger partial charge in [0.1, 0.15) is 11.3 Å². The van der Waals surface area contributed by atoms with Crippen molar-refractivity contribution in [3.8, 4) is 28.5 Å². The van der Waals surface area contributed by atoms with Crippen LogP contribution in [0.1, 0.15) is 10.4 Å². The first kappa shape index (κ1) is 20.1. The first-order valence-electron chi connectivity index (χ1n) is 10.0. The summed E-state index contributed by atoms with van der Waals surface area (Å²) in [6.45, 7) is 0. The van der Waals surface area contributed by atoms with Crippen molar-refractivity contribution < 1.29 is 9.90 Å². The number of benzene rings is 1. The largest absolute Gasteiger partial charge is 0.478 e. The highest BCUT2D eigenvalue weighted by atomic mass is 16.4. The summed E-state index contributed by atoms with van der Waals surface area (Å²) in [5.41, 5.74) is 9.83. The highest BCUT2D eigenvalue weighted by Crippen LogP contribution is 2.31. The molecule has 4 aromatic heterocycles. The molecule has 0 saturated carbocycles. The Kier molecular flexibility index (Phi) is 4.71. The van der Waals surface area contributed by atoms with E-state index < -0.39 is 5.97 Å². The molecule has 1 aromatic carbocycles. The molecule has 0 aliphatic carbocycles. The quantitative estimate of drug-likeness (QED) is 0.441. The normalized spacial score (nSPS) is 11.1. The molecule has 5 aromatic rings. The van der Waals surface area contributed by atoms with Crippen molar-refractivity contribution in [1.82, 2.24) is 24.1 Å². The molecule has 0 spiro atoms. The van der Waals surface area contributed by atoms with Gasteiger partial charge >= 0.3 is 5.97 Å². The van der Waals surface area contributed by atoms with Crippen LogP contribution >= 0.6 is 0 Å². The van der Waals surface area contributed by atoms with E-state index in [1.807, 2.05) is 18.2 Å². The van der Waals surface area contributed by atoms with E-state index in [0.717, 1.165) is 0 Å². The monoisotopic (exact) mass is 438 g/mol. The van der Waals surface area contributed by atoms with E-state index in [1.165, 1.54) is 22.8 Å². The smallest absolute Gasteiger partial charge is 0.335 e. The van der Waals surface area contributed by atoms with Gasteiger partial charge in [-0.25, -0.2) is 19.7 Å². The molecule has 5 rings (SSSR count). The molecule has 0 amide bonds. The molecule has 0 fully saturated rings. The molecule has 0 bridgehead atoms. The van der Waals surface area contributed by atoms with Crippen LogP contribution in [0.4, 0.5) is 5.82 Å². The van der Waals surface area contributed by atoms with E-state index in [2.05, 4.69) is 4.98 Å². The van der Waals surface area contributed by atoms with Crippen molar-refractivity contribution in [2.24, 2.45) is 7.05 Å². The SMILES string of the molecule is Cn1c(-c2ccc3nc(-c4cccnc4N)n(-c4ccc(C(=O)O)cc4)c3n2)cccc1=O. The summed E-state index contributed by atoms with van der Waals surface area (Å²) >= 11 is 0. The summed E-state index contributed by atoms with van der Waals surface area (Å²) in [5.74, 6) is -0.189. The Labute approximate surface area is 187 Å². The predicted molar refractivity (Wildman–Crippen MR) is 124 cm³/mol. The van der Waals surface area contributed by atoms with Crippen molar-refractivity contribution >= 4 is 23.0 Å². The van der Waals surface area contributed by atoms with E-state index in [4.69, 9.17) is 15.7 Å². The van der Waals surface area contributed by atoms with Gasteiger partial charge in [0, 0.05) is 25.0 Å². The third-order valence-electron chi connectivity index (χ3n) is 5.40. The molecule has 9 nitrogen and oxygen atoms in total. The molecule has 0 saturated heterocycles. The number of carbonyl (C=O) groups is 1. The average molecular weight is 438 g/mol. The van der Waals surface area contributed by atoms with Gasteiger partial charge in [0.25, 0.3) is 5.56 Å². The number of imidazole rings is 1. The summed E-state index contributed by atoms with van der Waals surface area (Å²) in [7, 11) is 1.69. The van der Waals surface area contributed by atoms with Crippen LogP contribution in [-0.2, 0) is 7.05 Å². The molecule has 0 aliphatic rings. The maximum atomic E-state index is 12.1. The van der Waals surface area contributed by atoms with Crippen LogP contribution in [0, 0.1) is 0 Å². The molecular formula is C24H18N6O3. The average Bonchev–Trinajstić information content (AvgIpc) is 3.19. The van der Waals surface area contributed by atoms with Gasteiger partial charge in [0.05, 0.1) is 22.5 Å². The molecule has 3 N–H and O–H groups in total. The van der Waals surface area contributed by atoms with Gasteiger partial charge in [0.15, 0.2) is 11.5 Å². The lowest BCUT2D eigenvalue weighted by molar-refractivity contribution is 0.0697. The number of hydrogen-bond acceptors (Lipinski definition) is 6. The lowest BCUT2D eigenvalue weighted by Gasteiger charge is -2.11. The highest BCUT2D eigenvalue weighted by Gasteiger charge is 2.19. The summed E-state index contributed by atoms with van der Waals surface area (Å²) in [6, 6.07) is 18.6. The number of anilines is 1. The van der Waals surface area contributed by atoms with Crippen LogP contribution in [0.5, 0.6) is 0 Å². The zero-order valence-electron chi connectivity index (χ0n) is 17.5. The molecule has 0 radical (unpaired) electrons. The number of nitrogen functional groups attached to an aromatic ring is 1. The topological polar surface area (TPSA) is 129 Å². The minimum atomic E-state index is -1.01. The molecule has 33 heavy (non-hydrogen) atoms. The number of rotatable bonds is 4. The third kappa shape index (κ3) is 3.41. The number of carboxylic acid groups (broad SMARTS) is 1.